The zero-order chi connectivity index (χ0) is 20.3. The highest BCUT2D eigenvalue weighted by molar-refractivity contribution is 5.93. The van der Waals surface area contributed by atoms with Gasteiger partial charge in [0, 0.05) is 29.7 Å². The molecule has 1 aromatic carbocycles. The van der Waals surface area contributed by atoms with Crippen molar-refractivity contribution in [2.24, 2.45) is 11.8 Å². The van der Waals surface area contributed by atoms with Gasteiger partial charge in [-0.1, -0.05) is 43.2 Å². The van der Waals surface area contributed by atoms with Crippen LogP contribution in [0.4, 0.5) is 0 Å². The Bertz CT molecular complexity index is 1040. The predicted octanol–water partition coefficient (Wildman–Crippen LogP) is 2.55. The minimum absolute atomic E-state index is 0.00467. The molecule has 3 fully saturated rings. The monoisotopic (exact) mass is 405 g/mol. The van der Waals surface area contributed by atoms with Gasteiger partial charge in [0.2, 0.25) is 11.8 Å². The van der Waals surface area contributed by atoms with Crippen LogP contribution in [0, 0.1) is 11.8 Å². The number of carbonyl (C=O) groups excluding carboxylic acids is 2. The molecule has 1 spiro atoms. The van der Waals surface area contributed by atoms with E-state index in [2.05, 4.69) is 22.4 Å². The Hall–Kier alpha value is -2.60. The van der Waals surface area contributed by atoms with Gasteiger partial charge in [-0.2, -0.15) is 0 Å². The average Bonchev–Trinajstić information content (AvgIpc) is 3.55. The van der Waals surface area contributed by atoms with Gasteiger partial charge in [-0.15, -0.1) is 0 Å². The van der Waals surface area contributed by atoms with Gasteiger partial charge in [0.25, 0.3) is 0 Å². The highest BCUT2D eigenvalue weighted by Gasteiger charge is 2.66. The van der Waals surface area contributed by atoms with E-state index in [4.69, 9.17) is 4.74 Å². The van der Waals surface area contributed by atoms with Gasteiger partial charge in [-0.25, -0.2) is 0 Å². The van der Waals surface area contributed by atoms with Crippen molar-refractivity contribution in [3.8, 4) is 0 Å². The first kappa shape index (κ1) is 18.2. The summed E-state index contributed by atoms with van der Waals surface area (Å²) in [6.45, 7) is 1.18. The Labute approximate surface area is 175 Å². The first-order chi connectivity index (χ1) is 14.6. The smallest absolute Gasteiger partial charge is 0.230 e. The maximum atomic E-state index is 13.4. The number of hydrogen-bond donors (Lipinski definition) is 2. The fourth-order valence-corrected chi connectivity index (χ4v) is 6.03. The van der Waals surface area contributed by atoms with E-state index in [1.165, 1.54) is 23.8 Å². The van der Waals surface area contributed by atoms with E-state index in [0.717, 1.165) is 24.8 Å². The van der Waals surface area contributed by atoms with Crippen LogP contribution in [-0.4, -0.2) is 52.5 Å². The molecule has 6 rings (SSSR count). The summed E-state index contributed by atoms with van der Waals surface area (Å²) < 4.78 is 6.25. The number of ether oxygens (including phenoxy) is 1. The number of para-hydroxylation sites is 1. The number of fused-ring (bicyclic) bond motifs is 2. The van der Waals surface area contributed by atoms with E-state index < -0.39 is 17.4 Å². The molecule has 2 aromatic rings. The van der Waals surface area contributed by atoms with E-state index in [-0.39, 0.29) is 24.0 Å². The van der Waals surface area contributed by atoms with Crippen molar-refractivity contribution in [3.05, 3.63) is 48.2 Å². The van der Waals surface area contributed by atoms with E-state index in [0.29, 0.717) is 13.1 Å². The molecule has 156 valence electrons. The Kier molecular flexibility index (Phi) is 4.07. The second kappa shape index (κ2) is 6.71. The maximum Gasteiger partial charge on any atom is 0.230 e. The molecule has 2 amide bonds. The highest BCUT2D eigenvalue weighted by Crippen LogP contribution is 2.52. The van der Waals surface area contributed by atoms with Gasteiger partial charge in [0.15, 0.2) is 0 Å². The lowest BCUT2D eigenvalue weighted by Crippen LogP contribution is -2.46. The molecule has 6 heteroatoms. The number of H-pyrrole nitrogens is 1. The molecule has 2 N–H and O–H groups in total. The molecule has 0 radical (unpaired) electrons. The molecule has 1 aliphatic carbocycles. The fraction of sp³-hybridized carbons (Fsp3) is 0.500. The minimum Gasteiger partial charge on any atom is -0.361 e. The molecule has 3 aliphatic heterocycles. The number of benzene rings is 1. The topological polar surface area (TPSA) is 74.4 Å². The van der Waals surface area contributed by atoms with Crippen LogP contribution in [0.25, 0.3) is 10.9 Å². The number of likely N-dealkylation sites (tertiary alicyclic amines) is 1. The number of aromatic nitrogens is 1. The van der Waals surface area contributed by atoms with Crippen molar-refractivity contribution in [3.63, 3.8) is 0 Å². The summed E-state index contributed by atoms with van der Waals surface area (Å²) in [5.41, 5.74) is 1.70. The number of carbonyl (C=O) groups is 2. The molecule has 1 aromatic heterocycles. The van der Waals surface area contributed by atoms with Gasteiger partial charge >= 0.3 is 0 Å². The van der Waals surface area contributed by atoms with E-state index in [9.17, 15) is 9.59 Å². The van der Waals surface area contributed by atoms with Crippen LogP contribution in [0.1, 0.15) is 31.2 Å². The molecule has 4 aliphatic rings. The van der Waals surface area contributed by atoms with Crippen LogP contribution in [-0.2, 0) is 20.7 Å². The van der Waals surface area contributed by atoms with Crippen LogP contribution < -0.4 is 5.32 Å². The van der Waals surface area contributed by atoms with Crippen LogP contribution >= 0.6 is 0 Å². The third-order valence-corrected chi connectivity index (χ3v) is 7.51. The van der Waals surface area contributed by atoms with Gasteiger partial charge in [0.1, 0.15) is 5.60 Å². The predicted molar refractivity (Wildman–Crippen MR) is 113 cm³/mol. The molecule has 30 heavy (non-hydrogen) atoms. The second-order valence-electron chi connectivity index (χ2n) is 9.26. The summed E-state index contributed by atoms with van der Waals surface area (Å²) in [7, 11) is 0. The average molecular weight is 405 g/mol. The van der Waals surface area contributed by atoms with Crippen molar-refractivity contribution in [1.29, 1.82) is 0 Å². The summed E-state index contributed by atoms with van der Waals surface area (Å²) in [4.78, 5) is 31.6. The van der Waals surface area contributed by atoms with Gasteiger partial charge in [-0.3, -0.25) is 9.59 Å². The molecule has 2 saturated heterocycles. The Morgan fingerprint density at radius 2 is 2.10 bits per heavy atom. The SMILES string of the molecule is O=C(NC1CCCC1)[C@H]1[C@@H]2C=C[C@]3(CN(CCc4c[nH]c5ccccc45)C(=O)[C@@H]13)O2. The van der Waals surface area contributed by atoms with Gasteiger partial charge < -0.3 is 19.9 Å². The van der Waals surface area contributed by atoms with Crippen molar-refractivity contribution >= 4 is 22.7 Å². The zero-order valence-corrected chi connectivity index (χ0v) is 17.0. The summed E-state index contributed by atoms with van der Waals surface area (Å²) in [6.07, 6.45) is 11.0. The molecule has 6 nitrogen and oxygen atoms in total. The van der Waals surface area contributed by atoms with E-state index in [1.807, 2.05) is 35.4 Å². The molecule has 2 bridgehead atoms. The summed E-state index contributed by atoms with van der Waals surface area (Å²) in [5.74, 6) is -0.735. The first-order valence-electron chi connectivity index (χ1n) is 11.2. The molecule has 4 atom stereocenters. The molecule has 0 unspecified atom stereocenters. The number of aromatic amines is 1. The van der Waals surface area contributed by atoms with E-state index >= 15 is 0 Å². The number of rotatable bonds is 5. The maximum absolute atomic E-state index is 13.4. The largest absolute Gasteiger partial charge is 0.361 e. The van der Waals surface area contributed by atoms with Gasteiger partial charge in [0.05, 0.1) is 24.5 Å². The third kappa shape index (κ3) is 2.66. The normalized spacial score (nSPS) is 32.5. The third-order valence-electron chi connectivity index (χ3n) is 7.51. The van der Waals surface area contributed by atoms with Crippen molar-refractivity contribution in [2.75, 3.05) is 13.1 Å². The minimum atomic E-state index is -0.625. The van der Waals surface area contributed by atoms with E-state index in [1.54, 1.807) is 0 Å². The molecule has 1 saturated carbocycles. The molecular formula is C24H27N3O3. The Morgan fingerprint density at radius 3 is 2.97 bits per heavy atom. The lowest BCUT2D eigenvalue weighted by Gasteiger charge is -2.25. The van der Waals surface area contributed by atoms with Crippen molar-refractivity contribution in [2.45, 2.75) is 49.9 Å². The lowest BCUT2D eigenvalue weighted by molar-refractivity contribution is -0.137. The number of nitrogens with zero attached hydrogens (tertiary/aromatic N) is 1. The number of nitrogens with one attached hydrogen (secondary N) is 2. The summed E-state index contributed by atoms with van der Waals surface area (Å²) in [6, 6.07) is 8.48. The fourth-order valence-electron chi connectivity index (χ4n) is 6.03. The zero-order valence-electron chi connectivity index (χ0n) is 17.0. The van der Waals surface area contributed by atoms with Crippen LogP contribution in [0.15, 0.2) is 42.6 Å². The van der Waals surface area contributed by atoms with Crippen LogP contribution in [0.5, 0.6) is 0 Å². The quantitative estimate of drug-likeness (QED) is 0.751. The molecular weight excluding hydrogens is 378 g/mol. The van der Waals surface area contributed by atoms with Crippen LogP contribution in [0.3, 0.4) is 0 Å². The van der Waals surface area contributed by atoms with Crippen molar-refractivity contribution < 1.29 is 14.3 Å². The standard InChI is InChI=1S/C24H27N3O3/c28-22(26-16-5-1-2-6-16)20-19-9-11-24(30-19)14-27(23(29)21(20)24)12-10-15-13-25-18-8-4-3-7-17(15)18/h3-4,7-9,11,13,16,19-21,25H,1-2,5-6,10,12,14H2,(H,26,28)/t19-,20-,21+,24+/m0/s1. The van der Waals surface area contributed by atoms with Crippen LogP contribution in [0.2, 0.25) is 0 Å². The summed E-state index contributed by atoms with van der Waals surface area (Å²) >= 11 is 0. The second-order valence-corrected chi connectivity index (χ2v) is 9.26. The first-order valence-corrected chi connectivity index (χ1v) is 11.2. The highest BCUT2D eigenvalue weighted by atomic mass is 16.5. The number of amides is 2. The summed E-state index contributed by atoms with van der Waals surface area (Å²) in [5, 5.41) is 4.40. The van der Waals surface area contributed by atoms with Gasteiger partial charge in [-0.05, 0) is 30.9 Å². The Balaban J connectivity index is 1.19. The van der Waals surface area contributed by atoms with Crippen molar-refractivity contribution in [1.82, 2.24) is 15.2 Å². The molecule has 4 heterocycles. The number of hydrogen-bond acceptors (Lipinski definition) is 3. The lowest BCUT2D eigenvalue weighted by atomic mass is 9.76. The Morgan fingerprint density at radius 1 is 1.27 bits per heavy atom.